The van der Waals surface area contributed by atoms with E-state index in [1.54, 1.807) is 24.3 Å². The molecule has 1 aliphatic carbocycles. The van der Waals surface area contributed by atoms with Gasteiger partial charge >= 0.3 is 6.03 Å². The first kappa shape index (κ1) is 17.9. The first-order chi connectivity index (χ1) is 12.1. The van der Waals surface area contributed by atoms with Gasteiger partial charge in [0.1, 0.15) is 0 Å². The number of hydrogen-bond acceptors (Lipinski definition) is 4. The summed E-state index contributed by atoms with van der Waals surface area (Å²) < 4.78 is 5.42. The topological polar surface area (TPSA) is 70.7 Å². The summed E-state index contributed by atoms with van der Waals surface area (Å²) in [6, 6.07) is 6.82. The minimum absolute atomic E-state index is 0.0198. The molecule has 2 amide bonds. The molecule has 0 aromatic heterocycles. The second kappa shape index (κ2) is 7.97. The molecule has 2 fully saturated rings. The molecule has 0 spiro atoms. The van der Waals surface area contributed by atoms with Crippen molar-refractivity contribution in [3.05, 3.63) is 29.8 Å². The number of carbonyl (C=O) groups is 2. The van der Waals surface area contributed by atoms with Crippen molar-refractivity contribution in [1.82, 2.24) is 10.2 Å². The number of carbonyl (C=O) groups excluding carboxylic acids is 2. The van der Waals surface area contributed by atoms with Crippen LogP contribution in [0.1, 0.15) is 43.0 Å². The average Bonchev–Trinajstić information content (AvgIpc) is 3.04. The summed E-state index contributed by atoms with van der Waals surface area (Å²) in [7, 11) is 0. The van der Waals surface area contributed by atoms with Gasteiger partial charge in [0.25, 0.3) is 0 Å². The molecule has 1 aromatic rings. The van der Waals surface area contributed by atoms with Crippen LogP contribution >= 0.6 is 0 Å². The maximum atomic E-state index is 12.5. The molecule has 1 heterocycles. The number of anilines is 1. The number of rotatable bonds is 5. The van der Waals surface area contributed by atoms with Crippen molar-refractivity contribution in [3.8, 4) is 0 Å². The van der Waals surface area contributed by atoms with Gasteiger partial charge in [0, 0.05) is 30.9 Å². The number of benzene rings is 1. The van der Waals surface area contributed by atoms with Crippen molar-refractivity contribution in [3.63, 3.8) is 0 Å². The van der Waals surface area contributed by atoms with E-state index in [-0.39, 0.29) is 17.4 Å². The molecule has 0 bridgehead atoms. The molecule has 0 atom stereocenters. The highest BCUT2D eigenvalue weighted by Gasteiger charge is 2.37. The van der Waals surface area contributed by atoms with E-state index in [4.69, 9.17) is 4.74 Å². The zero-order valence-corrected chi connectivity index (χ0v) is 14.8. The third-order valence-electron chi connectivity index (χ3n) is 5.12. The Kier molecular flexibility index (Phi) is 5.71. The lowest BCUT2D eigenvalue weighted by molar-refractivity contribution is 0.0254. The molecule has 1 aliphatic heterocycles. The average molecular weight is 345 g/mol. The van der Waals surface area contributed by atoms with Gasteiger partial charge in [0.15, 0.2) is 5.78 Å². The Morgan fingerprint density at radius 3 is 2.36 bits per heavy atom. The molecule has 2 N–H and O–H groups in total. The predicted octanol–water partition coefficient (Wildman–Crippen LogP) is 2.66. The second-order valence-electron chi connectivity index (χ2n) is 7.09. The summed E-state index contributed by atoms with van der Waals surface area (Å²) in [5.41, 5.74) is 1.19. The molecule has 0 unspecified atom stereocenters. The quantitative estimate of drug-likeness (QED) is 0.805. The lowest BCUT2D eigenvalue weighted by Gasteiger charge is -2.37. The highest BCUT2D eigenvalue weighted by Crippen LogP contribution is 2.31. The van der Waals surface area contributed by atoms with E-state index in [1.165, 1.54) is 6.92 Å². The Morgan fingerprint density at radius 2 is 1.76 bits per heavy atom. The van der Waals surface area contributed by atoms with Gasteiger partial charge in [-0.1, -0.05) is 12.8 Å². The fourth-order valence-electron chi connectivity index (χ4n) is 3.75. The number of nitrogens with one attached hydrogen (secondary N) is 2. The molecule has 6 heteroatoms. The number of amides is 2. The molecule has 0 radical (unpaired) electrons. The molecule has 136 valence electrons. The molecule has 25 heavy (non-hydrogen) atoms. The SMILES string of the molecule is CC(=O)c1ccc(NC(=O)NC2(CN3CCOCC3)CCCC2)cc1. The minimum atomic E-state index is -0.175. The smallest absolute Gasteiger partial charge is 0.319 e. The molecular weight excluding hydrogens is 318 g/mol. The molecule has 1 saturated carbocycles. The van der Waals surface area contributed by atoms with Crippen molar-refractivity contribution in [2.45, 2.75) is 38.1 Å². The van der Waals surface area contributed by atoms with E-state index in [0.29, 0.717) is 11.3 Å². The third-order valence-corrected chi connectivity index (χ3v) is 5.12. The summed E-state index contributed by atoms with van der Waals surface area (Å²) in [5, 5.41) is 6.12. The van der Waals surface area contributed by atoms with E-state index in [0.717, 1.165) is 58.5 Å². The van der Waals surface area contributed by atoms with E-state index in [1.807, 2.05) is 0 Å². The normalized spacial score (nSPS) is 20.2. The van der Waals surface area contributed by atoms with Crippen LogP contribution in [-0.4, -0.2) is 55.1 Å². The third kappa shape index (κ3) is 4.80. The maximum Gasteiger partial charge on any atom is 0.319 e. The van der Waals surface area contributed by atoms with Crippen LogP contribution in [0.25, 0.3) is 0 Å². The Balaban J connectivity index is 1.59. The van der Waals surface area contributed by atoms with Crippen molar-refractivity contribution < 1.29 is 14.3 Å². The lowest BCUT2D eigenvalue weighted by Crippen LogP contribution is -2.56. The number of ether oxygens (including phenoxy) is 1. The van der Waals surface area contributed by atoms with Crippen LogP contribution in [-0.2, 0) is 4.74 Å². The van der Waals surface area contributed by atoms with Crippen molar-refractivity contribution in [2.75, 3.05) is 38.2 Å². The zero-order valence-electron chi connectivity index (χ0n) is 14.8. The van der Waals surface area contributed by atoms with Gasteiger partial charge in [-0.3, -0.25) is 9.69 Å². The van der Waals surface area contributed by atoms with E-state index in [9.17, 15) is 9.59 Å². The molecule has 6 nitrogen and oxygen atoms in total. The monoisotopic (exact) mass is 345 g/mol. The Morgan fingerprint density at radius 1 is 1.12 bits per heavy atom. The van der Waals surface area contributed by atoms with Gasteiger partial charge in [0.05, 0.1) is 18.8 Å². The van der Waals surface area contributed by atoms with Crippen LogP contribution in [0.4, 0.5) is 10.5 Å². The standard InChI is InChI=1S/C19H27N3O3/c1-15(23)16-4-6-17(7-5-16)20-18(24)21-19(8-2-3-9-19)14-22-10-12-25-13-11-22/h4-7H,2-3,8-14H2,1H3,(H2,20,21,24). The van der Waals surface area contributed by atoms with E-state index < -0.39 is 0 Å². The van der Waals surface area contributed by atoms with Gasteiger partial charge < -0.3 is 15.4 Å². The number of Topliss-reactive ketones (excluding diaryl/α,β-unsaturated/α-hetero) is 1. The van der Waals surface area contributed by atoms with Crippen molar-refractivity contribution >= 4 is 17.5 Å². The molecule has 3 rings (SSSR count). The maximum absolute atomic E-state index is 12.5. The summed E-state index contributed by atoms with van der Waals surface area (Å²) >= 11 is 0. The fraction of sp³-hybridized carbons (Fsp3) is 0.579. The van der Waals surface area contributed by atoms with Crippen LogP contribution < -0.4 is 10.6 Å². The lowest BCUT2D eigenvalue weighted by atomic mass is 9.96. The van der Waals surface area contributed by atoms with Gasteiger partial charge in [-0.2, -0.15) is 0 Å². The van der Waals surface area contributed by atoms with Crippen LogP contribution in [0.5, 0.6) is 0 Å². The molecule has 1 aromatic carbocycles. The van der Waals surface area contributed by atoms with Gasteiger partial charge in [0.2, 0.25) is 0 Å². The summed E-state index contributed by atoms with van der Waals surface area (Å²) in [6.07, 6.45) is 4.33. The number of morpholine rings is 1. The van der Waals surface area contributed by atoms with Crippen molar-refractivity contribution in [1.29, 1.82) is 0 Å². The predicted molar refractivity (Wildman–Crippen MR) is 97.1 cm³/mol. The summed E-state index contributed by atoms with van der Waals surface area (Å²) in [6.45, 7) is 5.81. The summed E-state index contributed by atoms with van der Waals surface area (Å²) in [4.78, 5) is 26.2. The Labute approximate surface area is 148 Å². The second-order valence-corrected chi connectivity index (χ2v) is 7.09. The number of hydrogen-bond donors (Lipinski definition) is 2. The van der Waals surface area contributed by atoms with Gasteiger partial charge in [-0.25, -0.2) is 4.79 Å². The number of nitrogens with zero attached hydrogens (tertiary/aromatic N) is 1. The number of urea groups is 1. The first-order valence-electron chi connectivity index (χ1n) is 9.07. The van der Waals surface area contributed by atoms with Crippen LogP contribution in [0.15, 0.2) is 24.3 Å². The van der Waals surface area contributed by atoms with Gasteiger partial charge in [-0.15, -0.1) is 0 Å². The van der Waals surface area contributed by atoms with Crippen LogP contribution in [0.2, 0.25) is 0 Å². The minimum Gasteiger partial charge on any atom is -0.379 e. The molecule has 1 saturated heterocycles. The zero-order chi connectivity index (χ0) is 17.7. The summed E-state index contributed by atoms with van der Waals surface area (Å²) in [5.74, 6) is 0.0198. The number of ketones is 1. The first-order valence-corrected chi connectivity index (χ1v) is 9.07. The molecule has 2 aliphatic rings. The van der Waals surface area contributed by atoms with Gasteiger partial charge in [-0.05, 0) is 44.0 Å². The van der Waals surface area contributed by atoms with Crippen molar-refractivity contribution in [2.24, 2.45) is 0 Å². The van der Waals surface area contributed by atoms with Crippen LogP contribution in [0.3, 0.4) is 0 Å². The highest BCUT2D eigenvalue weighted by atomic mass is 16.5. The fourth-order valence-corrected chi connectivity index (χ4v) is 3.75. The van der Waals surface area contributed by atoms with E-state index in [2.05, 4.69) is 15.5 Å². The highest BCUT2D eigenvalue weighted by molar-refractivity contribution is 5.95. The van der Waals surface area contributed by atoms with Crippen LogP contribution in [0, 0.1) is 0 Å². The molecular formula is C19H27N3O3. The van der Waals surface area contributed by atoms with E-state index >= 15 is 0 Å². The largest absolute Gasteiger partial charge is 0.379 e. The Hall–Kier alpha value is -1.92. The Bertz CT molecular complexity index is 603.